The topological polar surface area (TPSA) is 84.3 Å². The Hall–Kier alpha value is -2.29. The van der Waals surface area contributed by atoms with Crippen molar-refractivity contribution >= 4 is 11.8 Å². The molecule has 0 spiro atoms. The summed E-state index contributed by atoms with van der Waals surface area (Å²) in [4.78, 5) is 18.8. The number of hydrogen-bond acceptors (Lipinski definition) is 5. The average Bonchev–Trinajstić information content (AvgIpc) is 2.28. The van der Waals surface area contributed by atoms with Crippen LogP contribution in [0.4, 0.5) is 5.82 Å². The molecule has 6 nitrogen and oxygen atoms in total. The summed E-state index contributed by atoms with van der Waals surface area (Å²) in [5.41, 5.74) is 0. The summed E-state index contributed by atoms with van der Waals surface area (Å²) in [7, 11) is 0. The van der Waals surface area contributed by atoms with Crippen molar-refractivity contribution in [3.8, 4) is 18.2 Å². The van der Waals surface area contributed by atoms with Gasteiger partial charge in [0.25, 0.3) is 0 Å². The molecule has 1 aromatic rings. The molecule has 2 N–H and O–H groups in total. The number of nitrogens with one attached hydrogen (secondary N) is 1. The third-order valence-electron chi connectivity index (χ3n) is 1.94. The van der Waals surface area contributed by atoms with Gasteiger partial charge in [0.15, 0.2) is 0 Å². The van der Waals surface area contributed by atoms with Crippen molar-refractivity contribution in [3.05, 3.63) is 12.4 Å². The van der Waals surface area contributed by atoms with Crippen molar-refractivity contribution in [2.24, 2.45) is 0 Å². The highest BCUT2D eigenvalue weighted by molar-refractivity contribution is 5.77. The van der Waals surface area contributed by atoms with Gasteiger partial charge < -0.3 is 15.2 Å². The van der Waals surface area contributed by atoms with Crippen LogP contribution in [0.15, 0.2) is 12.4 Å². The number of anilines is 1. The Balaban J connectivity index is 2.77. The SMILES string of the molecule is C#CCC(Nc1cc(OC(C)C)ncn1)C(=O)O. The van der Waals surface area contributed by atoms with E-state index in [-0.39, 0.29) is 12.5 Å². The first-order valence-electron chi connectivity index (χ1n) is 5.44. The van der Waals surface area contributed by atoms with Crippen LogP contribution in [0.25, 0.3) is 0 Å². The van der Waals surface area contributed by atoms with Crippen LogP contribution < -0.4 is 10.1 Å². The second-order valence-corrected chi connectivity index (χ2v) is 3.85. The molecular weight excluding hydrogens is 234 g/mol. The number of ether oxygens (including phenoxy) is 1. The number of carboxylic acid groups (broad SMARTS) is 1. The normalized spacial score (nSPS) is 11.7. The molecule has 96 valence electrons. The predicted molar refractivity (Wildman–Crippen MR) is 66.3 cm³/mol. The number of hydrogen-bond donors (Lipinski definition) is 2. The van der Waals surface area contributed by atoms with Crippen LogP contribution in [0.1, 0.15) is 20.3 Å². The van der Waals surface area contributed by atoms with Gasteiger partial charge in [0.05, 0.1) is 6.10 Å². The fraction of sp³-hybridized carbons (Fsp3) is 0.417. The molecule has 0 aromatic carbocycles. The number of nitrogens with zero attached hydrogens (tertiary/aromatic N) is 2. The van der Waals surface area contributed by atoms with E-state index in [1.54, 1.807) is 0 Å². The highest BCUT2D eigenvalue weighted by Gasteiger charge is 2.16. The summed E-state index contributed by atoms with van der Waals surface area (Å²) in [5.74, 6) is 2.01. The Morgan fingerprint density at radius 3 is 2.89 bits per heavy atom. The number of carboxylic acids is 1. The second-order valence-electron chi connectivity index (χ2n) is 3.85. The number of aliphatic carboxylic acids is 1. The summed E-state index contributed by atoms with van der Waals surface area (Å²) >= 11 is 0. The standard InChI is InChI=1S/C12H15N3O3/c1-4-5-9(12(16)17)15-10-6-11(14-7-13-10)18-8(2)3/h1,6-9H,5H2,2-3H3,(H,16,17)(H,13,14,15). The Labute approximate surface area is 105 Å². The summed E-state index contributed by atoms with van der Waals surface area (Å²) < 4.78 is 5.38. The molecule has 0 fully saturated rings. The zero-order valence-electron chi connectivity index (χ0n) is 10.3. The Morgan fingerprint density at radius 1 is 1.61 bits per heavy atom. The number of carbonyl (C=O) groups is 1. The van der Waals surface area contributed by atoms with Gasteiger partial charge in [-0.25, -0.2) is 14.8 Å². The van der Waals surface area contributed by atoms with E-state index in [1.807, 2.05) is 13.8 Å². The first-order valence-corrected chi connectivity index (χ1v) is 5.44. The molecule has 0 bridgehead atoms. The molecule has 0 aliphatic rings. The minimum absolute atomic E-state index is 0.0197. The molecule has 1 heterocycles. The monoisotopic (exact) mass is 249 g/mol. The summed E-state index contributed by atoms with van der Waals surface area (Å²) in [5, 5.41) is 11.7. The van der Waals surface area contributed by atoms with Crippen molar-refractivity contribution in [3.63, 3.8) is 0 Å². The molecule has 0 amide bonds. The van der Waals surface area contributed by atoms with Crippen molar-refractivity contribution in [1.29, 1.82) is 0 Å². The van der Waals surface area contributed by atoms with Gasteiger partial charge in [-0.1, -0.05) is 0 Å². The third kappa shape index (κ3) is 4.29. The molecule has 6 heteroatoms. The lowest BCUT2D eigenvalue weighted by molar-refractivity contribution is -0.137. The fourth-order valence-electron chi connectivity index (χ4n) is 1.22. The van der Waals surface area contributed by atoms with Gasteiger partial charge in [-0.05, 0) is 13.8 Å². The second kappa shape index (κ2) is 6.45. The van der Waals surface area contributed by atoms with Crippen LogP contribution in [-0.2, 0) is 4.79 Å². The third-order valence-corrected chi connectivity index (χ3v) is 1.94. The number of rotatable bonds is 6. The van der Waals surface area contributed by atoms with Crippen LogP contribution in [-0.4, -0.2) is 33.2 Å². The Morgan fingerprint density at radius 2 is 2.33 bits per heavy atom. The highest BCUT2D eigenvalue weighted by Crippen LogP contribution is 2.14. The highest BCUT2D eigenvalue weighted by atomic mass is 16.5. The van der Waals surface area contributed by atoms with Crippen molar-refractivity contribution in [2.75, 3.05) is 5.32 Å². The van der Waals surface area contributed by atoms with Gasteiger partial charge in [-0.15, -0.1) is 12.3 Å². The molecule has 0 aliphatic heterocycles. The number of terminal acetylenes is 1. The summed E-state index contributed by atoms with van der Waals surface area (Å²) in [6.45, 7) is 3.74. The van der Waals surface area contributed by atoms with Crippen LogP contribution >= 0.6 is 0 Å². The Bertz CT molecular complexity index is 454. The first kappa shape index (κ1) is 13.8. The lowest BCUT2D eigenvalue weighted by atomic mass is 10.2. The maximum absolute atomic E-state index is 10.9. The predicted octanol–water partition coefficient (Wildman–Crippen LogP) is 1.15. The Kier molecular flexibility index (Phi) is 4.93. The molecule has 0 saturated heterocycles. The lowest BCUT2D eigenvalue weighted by Crippen LogP contribution is -2.29. The minimum atomic E-state index is -1.03. The van der Waals surface area contributed by atoms with Gasteiger partial charge in [0.2, 0.25) is 5.88 Å². The largest absolute Gasteiger partial charge is 0.480 e. The van der Waals surface area contributed by atoms with Crippen LogP contribution in [0, 0.1) is 12.3 Å². The van der Waals surface area contributed by atoms with Crippen LogP contribution in [0.3, 0.4) is 0 Å². The van der Waals surface area contributed by atoms with E-state index in [4.69, 9.17) is 16.3 Å². The van der Waals surface area contributed by atoms with Gasteiger partial charge >= 0.3 is 5.97 Å². The van der Waals surface area contributed by atoms with Crippen LogP contribution in [0.2, 0.25) is 0 Å². The van der Waals surface area contributed by atoms with E-state index < -0.39 is 12.0 Å². The van der Waals surface area contributed by atoms with Crippen molar-refractivity contribution in [1.82, 2.24) is 9.97 Å². The van der Waals surface area contributed by atoms with Gasteiger partial charge in [0.1, 0.15) is 18.2 Å². The lowest BCUT2D eigenvalue weighted by Gasteiger charge is -2.13. The fourth-order valence-corrected chi connectivity index (χ4v) is 1.22. The zero-order valence-corrected chi connectivity index (χ0v) is 10.3. The van der Waals surface area contributed by atoms with E-state index in [9.17, 15) is 4.79 Å². The molecule has 18 heavy (non-hydrogen) atoms. The van der Waals surface area contributed by atoms with E-state index in [0.29, 0.717) is 11.7 Å². The van der Waals surface area contributed by atoms with Crippen LogP contribution in [0.5, 0.6) is 5.88 Å². The molecular formula is C12H15N3O3. The minimum Gasteiger partial charge on any atom is -0.480 e. The molecule has 0 aliphatic carbocycles. The summed E-state index contributed by atoms with van der Waals surface area (Å²) in [6.07, 6.45) is 6.46. The molecule has 0 radical (unpaired) electrons. The molecule has 1 atom stereocenters. The average molecular weight is 249 g/mol. The van der Waals surface area contributed by atoms with Gasteiger partial charge in [0, 0.05) is 12.5 Å². The van der Waals surface area contributed by atoms with Gasteiger partial charge in [-0.3, -0.25) is 0 Å². The molecule has 0 saturated carbocycles. The maximum Gasteiger partial charge on any atom is 0.327 e. The van der Waals surface area contributed by atoms with E-state index >= 15 is 0 Å². The molecule has 1 unspecified atom stereocenters. The van der Waals surface area contributed by atoms with E-state index in [0.717, 1.165) is 0 Å². The quantitative estimate of drug-likeness (QED) is 0.736. The number of aromatic nitrogens is 2. The smallest absolute Gasteiger partial charge is 0.327 e. The van der Waals surface area contributed by atoms with E-state index in [1.165, 1.54) is 12.4 Å². The summed E-state index contributed by atoms with van der Waals surface area (Å²) in [6, 6.07) is 0.656. The maximum atomic E-state index is 10.9. The van der Waals surface area contributed by atoms with Crippen molar-refractivity contribution in [2.45, 2.75) is 32.4 Å². The molecule has 1 rings (SSSR count). The van der Waals surface area contributed by atoms with Crippen molar-refractivity contribution < 1.29 is 14.6 Å². The van der Waals surface area contributed by atoms with E-state index in [2.05, 4.69) is 21.2 Å². The van der Waals surface area contributed by atoms with Gasteiger partial charge in [-0.2, -0.15) is 0 Å². The first-order chi connectivity index (χ1) is 8.52. The zero-order chi connectivity index (χ0) is 13.5. The molecule has 1 aromatic heterocycles.